The molecular formula is C23H32O5. The number of ether oxygens (including phenoxy) is 1. The Bertz CT molecular complexity index is 758. The Labute approximate surface area is 166 Å². The minimum Gasteiger partial charge on any atom is -0.481 e. The maximum absolute atomic E-state index is 12.4. The van der Waals surface area contributed by atoms with Crippen LogP contribution in [0.4, 0.5) is 0 Å². The van der Waals surface area contributed by atoms with Gasteiger partial charge in [0.1, 0.15) is 5.60 Å². The average Bonchev–Trinajstić information content (AvgIpc) is 3.25. The number of fused-ring (bicyclic) bond motifs is 3. The summed E-state index contributed by atoms with van der Waals surface area (Å²) in [5.74, 6) is -1.03. The summed E-state index contributed by atoms with van der Waals surface area (Å²) < 4.78 is 6.58. The van der Waals surface area contributed by atoms with Crippen LogP contribution in [0.15, 0.2) is 11.6 Å². The first-order valence-electron chi connectivity index (χ1n) is 11.1. The molecule has 28 heavy (non-hydrogen) atoms. The third-order valence-corrected chi connectivity index (χ3v) is 9.66. The first-order valence-corrected chi connectivity index (χ1v) is 11.1. The Morgan fingerprint density at radius 1 is 1.25 bits per heavy atom. The molecule has 4 fully saturated rings. The number of carbonyl (C=O) groups is 2. The molecule has 1 spiro atoms. The first-order chi connectivity index (χ1) is 13.2. The second-order valence-electron chi connectivity index (χ2n) is 10.6. The number of allylic oxidation sites excluding steroid dienone is 1. The van der Waals surface area contributed by atoms with Gasteiger partial charge in [0.05, 0.1) is 12.0 Å². The number of aliphatic carboxylic acids is 2. The molecular weight excluding hydrogens is 356 g/mol. The Hall–Kier alpha value is -1.36. The van der Waals surface area contributed by atoms with Gasteiger partial charge in [0.25, 0.3) is 0 Å². The monoisotopic (exact) mass is 388 g/mol. The molecule has 3 saturated carbocycles. The van der Waals surface area contributed by atoms with Crippen molar-refractivity contribution in [3.63, 3.8) is 0 Å². The third kappa shape index (κ3) is 2.17. The fourth-order valence-electron chi connectivity index (χ4n) is 8.32. The second kappa shape index (κ2) is 5.84. The van der Waals surface area contributed by atoms with Gasteiger partial charge in [-0.2, -0.15) is 0 Å². The van der Waals surface area contributed by atoms with Gasteiger partial charge in [-0.05, 0) is 68.6 Å². The average molecular weight is 389 g/mol. The van der Waals surface area contributed by atoms with Gasteiger partial charge in [0, 0.05) is 17.8 Å². The van der Waals surface area contributed by atoms with E-state index < -0.39 is 11.9 Å². The fraction of sp³-hybridized carbons (Fsp3) is 0.826. The van der Waals surface area contributed by atoms with E-state index in [0.717, 1.165) is 38.5 Å². The van der Waals surface area contributed by atoms with Crippen molar-refractivity contribution in [2.24, 2.45) is 34.5 Å². The van der Waals surface area contributed by atoms with E-state index in [1.54, 1.807) is 0 Å². The summed E-state index contributed by atoms with van der Waals surface area (Å²) in [6.45, 7) is 4.64. The Kier molecular flexibility index (Phi) is 3.89. The number of carboxylic acids is 2. The standard InChI is InChI=1S/C23H32O5/c1-21-12-17-23(28-17)19(16(21)8-6-13(21)7-9-18(24)25)15(20(26)27)11-14-5-3-4-10-22(14,23)2/h5,13,15-17,19H,3-4,6-12H2,1-2H3,(H,24,25)(H,26,27)/t13-,15?,16+,17?,19+,21-,22+,23-/m1/s1. The number of hydrogen-bond acceptors (Lipinski definition) is 3. The van der Waals surface area contributed by atoms with Crippen molar-refractivity contribution >= 4 is 11.9 Å². The molecule has 0 aromatic carbocycles. The second-order valence-corrected chi connectivity index (χ2v) is 10.6. The van der Waals surface area contributed by atoms with Crippen molar-refractivity contribution in [3.05, 3.63) is 11.6 Å². The highest BCUT2D eigenvalue weighted by Gasteiger charge is 2.80. The molecule has 0 aromatic heterocycles. The number of carboxylic acid groups (broad SMARTS) is 2. The van der Waals surface area contributed by atoms with Gasteiger partial charge in [0.15, 0.2) is 0 Å². The number of epoxide rings is 1. The molecule has 8 atom stereocenters. The summed E-state index contributed by atoms with van der Waals surface area (Å²) in [7, 11) is 0. The van der Waals surface area contributed by atoms with Crippen LogP contribution in [-0.2, 0) is 14.3 Å². The Morgan fingerprint density at radius 3 is 2.75 bits per heavy atom. The van der Waals surface area contributed by atoms with Crippen LogP contribution in [0, 0.1) is 34.5 Å². The summed E-state index contributed by atoms with van der Waals surface area (Å²) >= 11 is 0. The van der Waals surface area contributed by atoms with Gasteiger partial charge in [-0.1, -0.05) is 25.5 Å². The van der Waals surface area contributed by atoms with Crippen molar-refractivity contribution in [1.29, 1.82) is 0 Å². The summed E-state index contributed by atoms with van der Waals surface area (Å²) in [5.41, 5.74) is 1.01. The van der Waals surface area contributed by atoms with Gasteiger partial charge >= 0.3 is 11.9 Å². The molecule has 2 N–H and O–H groups in total. The highest BCUT2D eigenvalue weighted by molar-refractivity contribution is 5.72. The molecule has 0 bridgehead atoms. The van der Waals surface area contributed by atoms with Crippen LogP contribution >= 0.6 is 0 Å². The lowest BCUT2D eigenvalue weighted by atomic mass is 9.44. The molecule has 4 aliphatic carbocycles. The smallest absolute Gasteiger partial charge is 0.307 e. The van der Waals surface area contributed by atoms with Crippen LogP contribution in [0.25, 0.3) is 0 Å². The minimum absolute atomic E-state index is 0.00469. The molecule has 1 aliphatic heterocycles. The van der Waals surface area contributed by atoms with Crippen LogP contribution in [0.5, 0.6) is 0 Å². The maximum atomic E-state index is 12.4. The SMILES string of the molecule is C[C@]12CC3O[C@@]34[C@@H](C(C(=O)O)CC3=CCCC[C@@]34C)[C@@H]1CC[C@@H]2CCC(=O)O. The van der Waals surface area contributed by atoms with Gasteiger partial charge in [-0.3, -0.25) is 9.59 Å². The third-order valence-electron chi connectivity index (χ3n) is 9.66. The van der Waals surface area contributed by atoms with Crippen LogP contribution in [0.2, 0.25) is 0 Å². The van der Waals surface area contributed by atoms with Crippen molar-refractivity contribution in [2.45, 2.75) is 83.3 Å². The van der Waals surface area contributed by atoms with Crippen molar-refractivity contribution < 1.29 is 24.5 Å². The zero-order valence-electron chi connectivity index (χ0n) is 16.9. The molecule has 5 heteroatoms. The molecule has 1 heterocycles. The summed E-state index contributed by atoms with van der Waals surface area (Å²) in [5, 5.41) is 19.3. The van der Waals surface area contributed by atoms with E-state index in [9.17, 15) is 14.7 Å². The molecule has 0 radical (unpaired) electrons. The molecule has 0 aromatic rings. The van der Waals surface area contributed by atoms with Crippen LogP contribution in [-0.4, -0.2) is 33.9 Å². The largest absolute Gasteiger partial charge is 0.481 e. The molecule has 1 saturated heterocycles. The summed E-state index contributed by atoms with van der Waals surface area (Å²) in [6.07, 6.45) is 10.3. The van der Waals surface area contributed by atoms with E-state index in [1.165, 1.54) is 5.57 Å². The van der Waals surface area contributed by atoms with E-state index in [1.807, 2.05) is 0 Å². The van der Waals surface area contributed by atoms with E-state index >= 15 is 0 Å². The molecule has 154 valence electrons. The summed E-state index contributed by atoms with van der Waals surface area (Å²) in [4.78, 5) is 23.5. The summed E-state index contributed by atoms with van der Waals surface area (Å²) in [6, 6.07) is 0. The highest BCUT2D eigenvalue weighted by atomic mass is 16.6. The van der Waals surface area contributed by atoms with Crippen LogP contribution < -0.4 is 0 Å². The minimum atomic E-state index is -0.731. The van der Waals surface area contributed by atoms with Gasteiger partial charge in [-0.15, -0.1) is 0 Å². The molecule has 2 unspecified atom stereocenters. The van der Waals surface area contributed by atoms with E-state index in [2.05, 4.69) is 19.9 Å². The highest BCUT2D eigenvalue weighted by Crippen LogP contribution is 2.77. The van der Waals surface area contributed by atoms with Crippen LogP contribution in [0.3, 0.4) is 0 Å². The van der Waals surface area contributed by atoms with E-state index in [0.29, 0.717) is 24.7 Å². The Morgan fingerprint density at radius 2 is 2.04 bits per heavy atom. The normalized spacial score (nSPS) is 51.2. The van der Waals surface area contributed by atoms with Crippen molar-refractivity contribution in [1.82, 2.24) is 0 Å². The molecule has 0 amide bonds. The lowest BCUT2D eigenvalue weighted by Crippen LogP contribution is -2.61. The fourth-order valence-corrected chi connectivity index (χ4v) is 8.32. The van der Waals surface area contributed by atoms with Crippen LogP contribution in [0.1, 0.15) is 71.6 Å². The zero-order valence-corrected chi connectivity index (χ0v) is 16.9. The van der Waals surface area contributed by atoms with E-state index in [4.69, 9.17) is 9.84 Å². The number of hydrogen-bond donors (Lipinski definition) is 2. The quantitative estimate of drug-likeness (QED) is 0.555. The lowest BCUT2D eigenvalue weighted by molar-refractivity contribution is -0.153. The van der Waals surface area contributed by atoms with E-state index in [-0.39, 0.29) is 40.8 Å². The Balaban J connectivity index is 1.55. The van der Waals surface area contributed by atoms with Gasteiger partial charge in [-0.25, -0.2) is 0 Å². The van der Waals surface area contributed by atoms with Crippen molar-refractivity contribution in [3.8, 4) is 0 Å². The maximum Gasteiger partial charge on any atom is 0.307 e. The van der Waals surface area contributed by atoms with Gasteiger partial charge < -0.3 is 14.9 Å². The number of rotatable bonds is 4. The lowest BCUT2D eigenvalue weighted by Gasteiger charge is -2.57. The molecule has 5 nitrogen and oxygen atoms in total. The topological polar surface area (TPSA) is 87.1 Å². The van der Waals surface area contributed by atoms with Gasteiger partial charge in [0.2, 0.25) is 0 Å². The predicted octanol–water partition coefficient (Wildman–Crippen LogP) is 4.26. The molecule has 5 rings (SSSR count). The first kappa shape index (κ1) is 18.7. The molecule has 5 aliphatic rings. The van der Waals surface area contributed by atoms with Crippen molar-refractivity contribution in [2.75, 3.05) is 0 Å². The zero-order chi connectivity index (χ0) is 19.9. The predicted molar refractivity (Wildman–Crippen MR) is 103 cm³/mol.